The van der Waals surface area contributed by atoms with Gasteiger partial charge in [0.05, 0.1) is 18.8 Å². The number of nitrogens with one attached hydrogen (secondary N) is 1. The molecule has 0 aliphatic carbocycles. The lowest BCUT2D eigenvalue weighted by molar-refractivity contribution is 0.407. The Kier molecular flexibility index (Phi) is 4.65. The van der Waals surface area contributed by atoms with Crippen molar-refractivity contribution in [3.8, 4) is 5.75 Å². The van der Waals surface area contributed by atoms with E-state index in [-0.39, 0.29) is 11.9 Å². The molecule has 0 saturated carbocycles. The van der Waals surface area contributed by atoms with Crippen LogP contribution in [0.2, 0.25) is 0 Å². The smallest absolute Gasteiger partial charge is 0.146 e. The highest BCUT2D eigenvalue weighted by Gasteiger charge is 2.13. The molecule has 0 aromatic heterocycles. The van der Waals surface area contributed by atoms with E-state index in [4.69, 9.17) is 4.74 Å². The first-order chi connectivity index (χ1) is 9.51. The summed E-state index contributed by atoms with van der Waals surface area (Å²) in [6.07, 6.45) is 0. The van der Waals surface area contributed by atoms with Crippen LogP contribution in [0.3, 0.4) is 0 Å². The third-order valence-corrected chi connectivity index (χ3v) is 3.65. The Morgan fingerprint density at radius 1 is 1.20 bits per heavy atom. The highest BCUT2D eigenvalue weighted by Crippen LogP contribution is 2.30. The molecule has 2 aromatic rings. The van der Waals surface area contributed by atoms with Gasteiger partial charge in [0.15, 0.2) is 0 Å². The Morgan fingerprint density at radius 2 is 1.95 bits per heavy atom. The molecule has 1 atom stereocenters. The molecule has 0 aliphatic rings. The summed E-state index contributed by atoms with van der Waals surface area (Å²) in [5.74, 6) is 0.534. The quantitative estimate of drug-likeness (QED) is 0.840. The van der Waals surface area contributed by atoms with Crippen LogP contribution in [0, 0.1) is 12.7 Å². The fourth-order valence-electron chi connectivity index (χ4n) is 2.10. The van der Waals surface area contributed by atoms with E-state index in [0.29, 0.717) is 5.69 Å². The molecule has 1 unspecified atom stereocenters. The molecule has 0 saturated heterocycles. The van der Waals surface area contributed by atoms with Gasteiger partial charge in [0.1, 0.15) is 11.6 Å². The highest BCUT2D eigenvalue weighted by molar-refractivity contribution is 9.10. The zero-order valence-corrected chi connectivity index (χ0v) is 13.3. The molecule has 0 spiro atoms. The zero-order chi connectivity index (χ0) is 14.7. The molecule has 2 aromatic carbocycles. The number of ether oxygens (including phenoxy) is 1. The van der Waals surface area contributed by atoms with Gasteiger partial charge < -0.3 is 10.1 Å². The van der Waals surface area contributed by atoms with Crippen molar-refractivity contribution in [1.29, 1.82) is 0 Å². The lowest BCUT2D eigenvalue weighted by atomic mass is 10.0. The molecule has 1 N–H and O–H groups in total. The van der Waals surface area contributed by atoms with Gasteiger partial charge in [-0.3, -0.25) is 0 Å². The van der Waals surface area contributed by atoms with Gasteiger partial charge in [0, 0.05) is 10.0 Å². The minimum absolute atomic E-state index is 0.0608. The molecular weight excluding hydrogens is 321 g/mol. The van der Waals surface area contributed by atoms with Crippen molar-refractivity contribution in [1.82, 2.24) is 0 Å². The van der Waals surface area contributed by atoms with Crippen LogP contribution in [0.1, 0.15) is 24.1 Å². The lowest BCUT2D eigenvalue weighted by Gasteiger charge is -2.19. The Morgan fingerprint density at radius 3 is 2.65 bits per heavy atom. The van der Waals surface area contributed by atoms with Crippen LogP contribution in [0.25, 0.3) is 0 Å². The molecule has 0 amide bonds. The number of hydrogen-bond donors (Lipinski definition) is 1. The summed E-state index contributed by atoms with van der Waals surface area (Å²) in [5, 5.41) is 3.18. The highest BCUT2D eigenvalue weighted by atomic mass is 79.9. The van der Waals surface area contributed by atoms with E-state index in [1.807, 2.05) is 32.0 Å². The van der Waals surface area contributed by atoms with Crippen molar-refractivity contribution in [2.75, 3.05) is 12.4 Å². The van der Waals surface area contributed by atoms with Gasteiger partial charge in [-0.2, -0.15) is 0 Å². The Labute approximate surface area is 127 Å². The normalized spacial score (nSPS) is 12.1. The van der Waals surface area contributed by atoms with Gasteiger partial charge in [0.2, 0.25) is 0 Å². The molecular formula is C16H17BrFNO. The number of aryl methyl sites for hydroxylation is 1. The predicted octanol–water partition coefficient (Wildman–Crippen LogP) is 5.08. The molecule has 0 aliphatic heterocycles. The third kappa shape index (κ3) is 3.31. The first kappa shape index (κ1) is 14.9. The number of benzene rings is 2. The second kappa shape index (κ2) is 6.27. The lowest BCUT2D eigenvalue weighted by Crippen LogP contribution is -2.09. The second-order valence-electron chi connectivity index (χ2n) is 4.74. The number of methoxy groups -OCH3 is 1. The largest absolute Gasteiger partial charge is 0.496 e. The molecule has 0 bridgehead atoms. The van der Waals surface area contributed by atoms with Crippen LogP contribution in [0.5, 0.6) is 5.75 Å². The van der Waals surface area contributed by atoms with Crippen LogP contribution in [-0.4, -0.2) is 7.11 Å². The van der Waals surface area contributed by atoms with Crippen molar-refractivity contribution in [3.63, 3.8) is 0 Å². The molecule has 0 heterocycles. The molecule has 20 heavy (non-hydrogen) atoms. The molecule has 106 valence electrons. The fourth-order valence-corrected chi connectivity index (χ4v) is 2.46. The van der Waals surface area contributed by atoms with E-state index in [9.17, 15) is 4.39 Å². The summed E-state index contributed by atoms with van der Waals surface area (Å²) >= 11 is 3.35. The minimum atomic E-state index is -0.272. The zero-order valence-electron chi connectivity index (χ0n) is 11.7. The van der Waals surface area contributed by atoms with E-state index in [1.54, 1.807) is 19.2 Å². The maximum atomic E-state index is 13.8. The van der Waals surface area contributed by atoms with Crippen molar-refractivity contribution in [2.24, 2.45) is 0 Å². The van der Waals surface area contributed by atoms with Gasteiger partial charge in [-0.05, 0) is 43.7 Å². The monoisotopic (exact) mass is 337 g/mol. The Hall–Kier alpha value is -1.55. The van der Waals surface area contributed by atoms with E-state index < -0.39 is 0 Å². The second-order valence-corrected chi connectivity index (χ2v) is 5.65. The number of rotatable bonds is 4. The fraction of sp³-hybridized carbons (Fsp3) is 0.250. The summed E-state index contributed by atoms with van der Waals surface area (Å²) in [5.41, 5.74) is 2.60. The van der Waals surface area contributed by atoms with Crippen LogP contribution in [0.15, 0.2) is 40.9 Å². The first-order valence-corrected chi connectivity index (χ1v) is 7.16. The topological polar surface area (TPSA) is 21.3 Å². The van der Waals surface area contributed by atoms with E-state index in [1.165, 1.54) is 6.07 Å². The molecule has 0 fully saturated rings. The van der Waals surface area contributed by atoms with Crippen molar-refractivity contribution in [2.45, 2.75) is 19.9 Å². The molecule has 4 heteroatoms. The summed E-state index contributed by atoms with van der Waals surface area (Å²) in [6, 6.07) is 10.8. The summed E-state index contributed by atoms with van der Waals surface area (Å²) in [6.45, 7) is 3.99. The van der Waals surface area contributed by atoms with Gasteiger partial charge in [-0.1, -0.05) is 28.1 Å². The van der Waals surface area contributed by atoms with Crippen LogP contribution in [0.4, 0.5) is 10.1 Å². The number of hydrogen-bond acceptors (Lipinski definition) is 2. The number of halogens is 2. The van der Waals surface area contributed by atoms with Crippen LogP contribution in [-0.2, 0) is 0 Å². The van der Waals surface area contributed by atoms with Crippen molar-refractivity contribution < 1.29 is 9.13 Å². The van der Waals surface area contributed by atoms with E-state index >= 15 is 0 Å². The van der Waals surface area contributed by atoms with Gasteiger partial charge in [-0.25, -0.2) is 4.39 Å². The average molecular weight is 338 g/mol. The molecule has 2 rings (SSSR count). The molecule has 0 radical (unpaired) electrons. The molecule has 2 nitrogen and oxygen atoms in total. The summed E-state index contributed by atoms with van der Waals surface area (Å²) in [4.78, 5) is 0. The van der Waals surface area contributed by atoms with Gasteiger partial charge in [0.25, 0.3) is 0 Å². The van der Waals surface area contributed by atoms with E-state index in [2.05, 4.69) is 21.2 Å². The van der Waals surface area contributed by atoms with E-state index in [0.717, 1.165) is 21.3 Å². The average Bonchev–Trinajstić information content (AvgIpc) is 2.42. The van der Waals surface area contributed by atoms with Crippen molar-refractivity contribution in [3.05, 3.63) is 57.8 Å². The number of anilines is 1. The maximum absolute atomic E-state index is 13.8. The van der Waals surface area contributed by atoms with Gasteiger partial charge in [-0.15, -0.1) is 0 Å². The van der Waals surface area contributed by atoms with Crippen molar-refractivity contribution >= 4 is 21.6 Å². The van der Waals surface area contributed by atoms with Gasteiger partial charge >= 0.3 is 0 Å². The maximum Gasteiger partial charge on any atom is 0.146 e. The first-order valence-electron chi connectivity index (χ1n) is 6.37. The SMILES string of the molecule is COc1cc(C)ccc1C(C)Nc1cc(Br)ccc1F. The van der Waals surface area contributed by atoms with Crippen LogP contribution < -0.4 is 10.1 Å². The predicted molar refractivity (Wildman–Crippen MR) is 83.9 cm³/mol. The standard InChI is InChI=1S/C16H17BrFNO/c1-10-4-6-13(16(8-10)20-3)11(2)19-15-9-12(17)5-7-14(15)18/h4-9,11,19H,1-3H3. The van der Waals surface area contributed by atoms with Crippen LogP contribution >= 0.6 is 15.9 Å². The minimum Gasteiger partial charge on any atom is -0.496 e. The Balaban J connectivity index is 2.28. The Bertz CT molecular complexity index is 615. The third-order valence-electron chi connectivity index (χ3n) is 3.16. The summed E-state index contributed by atoms with van der Waals surface area (Å²) in [7, 11) is 1.64. The summed E-state index contributed by atoms with van der Waals surface area (Å²) < 4.78 is 20.0.